The zero-order valence-electron chi connectivity index (χ0n) is 10.4. The summed E-state index contributed by atoms with van der Waals surface area (Å²) in [7, 11) is 1.77. The Balaban J connectivity index is 1.88. The highest BCUT2D eigenvalue weighted by atomic mass is 16.5. The van der Waals surface area contributed by atoms with Gasteiger partial charge in [-0.15, -0.1) is 0 Å². The summed E-state index contributed by atoms with van der Waals surface area (Å²) in [6, 6.07) is 9.30. The van der Waals surface area contributed by atoms with Gasteiger partial charge in [-0.3, -0.25) is 0 Å². The molecule has 1 aliphatic rings. The highest BCUT2D eigenvalue weighted by Gasteiger charge is 2.23. The van der Waals surface area contributed by atoms with Crippen molar-refractivity contribution in [1.29, 1.82) is 0 Å². The number of ether oxygens (including phenoxy) is 1. The van der Waals surface area contributed by atoms with E-state index in [1.54, 1.807) is 7.11 Å². The van der Waals surface area contributed by atoms with Crippen molar-refractivity contribution in [3.8, 4) is 0 Å². The molecular weight excluding hydrogens is 198 g/mol. The Morgan fingerprint density at radius 2 is 1.81 bits per heavy atom. The molecule has 0 fully saturated rings. The third kappa shape index (κ3) is 2.63. The van der Waals surface area contributed by atoms with Crippen molar-refractivity contribution >= 4 is 0 Å². The Hall–Kier alpha value is -0.860. The van der Waals surface area contributed by atoms with Crippen LogP contribution in [0.25, 0.3) is 0 Å². The number of nitrogens with one attached hydrogen (secondary N) is 1. The molecule has 0 saturated heterocycles. The van der Waals surface area contributed by atoms with Gasteiger partial charge in [0.05, 0.1) is 5.60 Å². The van der Waals surface area contributed by atoms with Crippen LogP contribution < -0.4 is 5.32 Å². The minimum absolute atomic E-state index is 0.0746. The van der Waals surface area contributed by atoms with Crippen LogP contribution in [0.2, 0.25) is 0 Å². The summed E-state index contributed by atoms with van der Waals surface area (Å²) in [5, 5.41) is 3.59. The van der Waals surface area contributed by atoms with E-state index < -0.39 is 0 Å². The van der Waals surface area contributed by atoms with Gasteiger partial charge in [0.25, 0.3) is 0 Å². The predicted molar refractivity (Wildman–Crippen MR) is 66.7 cm³/mol. The predicted octanol–water partition coefficient (Wildman–Crippen LogP) is 2.17. The average molecular weight is 219 g/mol. The lowest BCUT2D eigenvalue weighted by molar-refractivity contribution is 0.0213. The third-order valence-corrected chi connectivity index (χ3v) is 3.42. The number of methoxy groups -OCH3 is 1. The second kappa shape index (κ2) is 4.56. The van der Waals surface area contributed by atoms with Crippen LogP contribution in [-0.4, -0.2) is 25.3 Å². The van der Waals surface area contributed by atoms with E-state index in [1.165, 1.54) is 11.1 Å². The van der Waals surface area contributed by atoms with Gasteiger partial charge in [-0.25, -0.2) is 0 Å². The van der Waals surface area contributed by atoms with Crippen LogP contribution in [-0.2, 0) is 17.6 Å². The van der Waals surface area contributed by atoms with Crippen LogP contribution in [0.3, 0.4) is 0 Å². The summed E-state index contributed by atoms with van der Waals surface area (Å²) in [5.41, 5.74) is 2.92. The molecule has 0 aromatic heterocycles. The first-order chi connectivity index (χ1) is 7.61. The van der Waals surface area contributed by atoms with Crippen molar-refractivity contribution in [3.05, 3.63) is 35.4 Å². The molecule has 88 valence electrons. The maximum atomic E-state index is 5.41. The van der Waals surface area contributed by atoms with Crippen molar-refractivity contribution in [2.24, 2.45) is 0 Å². The van der Waals surface area contributed by atoms with Gasteiger partial charge in [-0.05, 0) is 37.8 Å². The Kier molecular flexibility index (Phi) is 3.31. The van der Waals surface area contributed by atoms with E-state index in [4.69, 9.17) is 4.74 Å². The first-order valence-electron chi connectivity index (χ1n) is 5.96. The largest absolute Gasteiger partial charge is 0.377 e. The van der Waals surface area contributed by atoms with E-state index in [0.29, 0.717) is 6.04 Å². The summed E-state index contributed by atoms with van der Waals surface area (Å²) in [5.74, 6) is 0. The van der Waals surface area contributed by atoms with Gasteiger partial charge < -0.3 is 10.1 Å². The molecule has 2 rings (SSSR count). The molecule has 2 nitrogen and oxygen atoms in total. The topological polar surface area (TPSA) is 21.3 Å². The van der Waals surface area contributed by atoms with Crippen molar-refractivity contribution in [2.75, 3.05) is 13.7 Å². The van der Waals surface area contributed by atoms with Crippen LogP contribution in [0.4, 0.5) is 0 Å². The summed E-state index contributed by atoms with van der Waals surface area (Å²) in [4.78, 5) is 0. The van der Waals surface area contributed by atoms with Crippen LogP contribution in [0.1, 0.15) is 25.0 Å². The van der Waals surface area contributed by atoms with Gasteiger partial charge in [-0.1, -0.05) is 24.3 Å². The van der Waals surface area contributed by atoms with E-state index in [0.717, 1.165) is 19.4 Å². The molecular formula is C14H21NO. The summed E-state index contributed by atoms with van der Waals surface area (Å²) in [6.45, 7) is 5.13. The molecule has 1 aromatic rings. The Labute approximate surface area is 98.0 Å². The molecule has 16 heavy (non-hydrogen) atoms. The van der Waals surface area contributed by atoms with Crippen LogP contribution >= 0.6 is 0 Å². The van der Waals surface area contributed by atoms with Gasteiger partial charge in [0, 0.05) is 19.7 Å². The molecule has 0 unspecified atom stereocenters. The molecule has 1 N–H and O–H groups in total. The number of rotatable bonds is 4. The van der Waals surface area contributed by atoms with E-state index in [-0.39, 0.29) is 5.60 Å². The van der Waals surface area contributed by atoms with Crippen molar-refractivity contribution < 1.29 is 4.74 Å². The Morgan fingerprint density at radius 1 is 1.25 bits per heavy atom. The van der Waals surface area contributed by atoms with E-state index in [9.17, 15) is 0 Å². The van der Waals surface area contributed by atoms with E-state index >= 15 is 0 Å². The minimum Gasteiger partial charge on any atom is -0.377 e. The lowest BCUT2D eigenvalue weighted by Gasteiger charge is -2.25. The highest BCUT2D eigenvalue weighted by molar-refractivity contribution is 5.33. The molecule has 0 radical (unpaired) electrons. The third-order valence-electron chi connectivity index (χ3n) is 3.42. The summed E-state index contributed by atoms with van der Waals surface area (Å²) >= 11 is 0. The Bertz CT molecular complexity index is 335. The second-order valence-electron chi connectivity index (χ2n) is 5.22. The molecule has 0 atom stereocenters. The molecule has 2 heteroatoms. The van der Waals surface area contributed by atoms with Gasteiger partial charge >= 0.3 is 0 Å². The standard InChI is InChI=1S/C14H21NO/c1-14(2,16-3)10-15-13-8-11-6-4-5-7-12(11)9-13/h4-7,13,15H,8-10H2,1-3H3. The van der Waals surface area contributed by atoms with Gasteiger partial charge in [-0.2, -0.15) is 0 Å². The molecule has 0 bridgehead atoms. The number of hydrogen-bond donors (Lipinski definition) is 1. The molecule has 0 spiro atoms. The molecule has 0 heterocycles. The van der Waals surface area contributed by atoms with Crippen molar-refractivity contribution in [1.82, 2.24) is 5.32 Å². The lowest BCUT2D eigenvalue weighted by Crippen LogP contribution is -2.42. The van der Waals surface area contributed by atoms with Crippen molar-refractivity contribution in [3.63, 3.8) is 0 Å². The SMILES string of the molecule is COC(C)(C)CNC1Cc2ccccc2C1. The van der Waals surface area contributed by atoms with Crippen LogP contribution in [0, 0.1) is 0 Å². The Morgan fingerprint density at radius 3 is 2.31 bits per heavy atom. The summed E-state index contributed by atoms with van der Waals surface area (Å²) < 4.78 is 5.41. The number of fused-ring (bicyclic) bond motifs is 1. The smallest absolute Gasteiger partial charge is 0.0746 e. The lowest BCUT2D eigenvalue weighted by atomic mass is 10.1. The van der Waals surface area contributed by atoms with Gasteiger partial charge in [0.1, 0.15) is 0 Å². The summed E-state index contributed by atoms with van der Waals surface area (Å²) in [6.07, 6.45) is 2.30. The fraction of sp³-hybridized carbons (Fsp3) is 0.571. The maximum absolute atomic E-state index is 5.41. The second-order valence-corrected chi connectivity index (χ2v) is 5.22. The quantitative estimate of drug-likeness (QED) is 0.838. The monoisotopic (exact) mass is 219 g/mol. The molecule has 1 aromatic carbocycles. The van der Waals surface area contributed by atoms with Crippen molar-refractivity contribution in [2.45, 2.75) is 38.3 Å². The van der Waals surface area contributed by atoms with Crippen LogP contribution in [0.15, 0.2) is 24.3 Å². The van der Waals surface area contributed by atoms with E-state index in [2.05, 4.69) is 43.4 Å². The maximum Gasteiger partial charge on any atom is 0.0746 e. The normalized spacial score (nSPS) is 16.4. The van der Waals surface area contributed by atoms with Gasteiger partial charge in [0.2, 0.25) is 0 Å². The molecule has 0 amide bonds. The minimum atomic E-state index is -0.0746. The first-order valence-corrected chi connectivity index (χ1v) is 5.96. The molecule has 0 saturated carbocycles. The average Bonchev–Trinajstić information content (AvgIpc) is 2.69. The highest BCUT2D eigenvalue weighted by Crippen LogP contribution is 2.22. The van der Waals surface area contributed by atoms with Crippen LogP contribution in [0.5, 0.6) is 0 Å². The first kappa shape index (κ1) is 11.6. The fourth-order valence-electron chi connectivity index (χ4n) is 2.17. The fourth-order valence-corrected chi connectivity index (χ4v) is 2.17. The zero-order valence-corrected chi connectivity index (χ0v) is 10.4. The van der Waals surface area contributed by atoms with Gasteiger partial charge in [0.15, 0.2) is 0 Å². The van der Waals surface area contributed by atoms with E-state index in [1.807, 2.05) is 0 Å². The molecule has 1 aliphatic carbocycles. The molecule has 0 aliphatic heterocycles. The zero-order chi connectivity index (χ0) is 11.6. The number of benzene rings is 1. The number of hydrogen-bond acceptors (Lipinski definition) is 2.